The molecule has 0 aliphatic heterocycles. The van der Waals surface area contributed by atoms with Gasteiger partial charge in [0.05, 0.1) is 40.7 Å². The molecular weight excluding hydrogens is 705 g/mol. The van der Waals surface area contributed by atoms with Crippen molar-refractivity contribution < 1.29 is 37.5 Å². The molecule has 53 heavy (non-hydrogen) atoms. The van der Waals surface area contributed by atoms with Crippen molar-refractivity contribution in [3.8, 4) is 5.75 Å². The Morgan fingerprint density at radius 2 is 1.34 bits per heavy atom. The third-order valence-electron chi connectivity index (χ3n) is 7.34. The van der Waals surface area contributed by atoms with E-state index in [1.165, 1.54) is 17.0 Å². The van der Waals surface area contributed by atoms with Crippen LogP contribution in [-0.2, 0) is 27.8 Å². The molecule has 0 unspecified atom stereocenters. The summed E-state index contributed by atoms with van der Waals surface area (Å²) >= 11 is 0. The summed E-state index contributed by atoms with van der Waals surface area (Å²) in [5.41, 5.74) is 3.53. The van der Waals surface area contributed by atoms with E-state index in [0.717, 1.165) is 11.3 Å². The van der Waals surface area contributed by atoms with Crippen molar-refractivity contribution in [2.24, 2.45) is 20.5 Å². The van der Waals surface area contributed by atoms with Crippen molar-refractivity contribution in [1.82, 2.24) is 15.0 Å². The zero-order valence-corrected chi connectivity index (χ0v) is 29.2. The van der Waals surface area contributed by atoms with E-state index in [9.17, 15) is 28.2 Å². The van der Waals surface area contributed by atoms with Crippen LogP contribution in [0.15, 0.2) is 118 Å². The molecular formula is C36H34N8O8S. The lowest BCUT2D eigenvalue weighted by Crippen LogP contribution is -2.28. The van der Waals surface area contributed by atoms with Crippen LogP contribution >= 0.6 is 0 Å². The Labute approximate surface area is 304 Å². The van der Waals surface area contributed by atoms with Crippen molar-refractivity contribution >= 4 is 50.8 Å². The van der Waals surface area contributed by atoms with Crippen LogP contribution in [0.25, 0.3) is 0 Å². The first-order chi connectivity index (χ1) is 25.4. The molecule has 0 bridgehead atoms. The van der Waals surface area contributed by atoms with Gasteiger partial charge in [-0.1, -0.05) is 42.5 Å². The van der Waals surface area contributed by atoms with E-state index in [-0.39, 0.29) is 37.5 Å². The van der Waals surface area contributed by atoms with E-state index >= 15 is 0 Å². The normalized spacial score (nSPS) is 11.6. The van der Waals surface area contributed by atoms with Crippen LogP contribution in [-0.4, -0.2) is 76.0 Å². The molecule has 3 N–H and O–H groups in total. The van der Waals surface area contributed by atoms with Gasteiger partial charge in [0, 0.05) is 31.5 Å². The number of likely N-dealkylation sites (N-methyl/N-ethyl adjacent to an activating group) is 1. The number of benzene rings is 4. The fraction of sp³-hybridized carbons (Fsp3) is 0.194. The molecule has 5 aromatic rings. The molecule has 0 saturated carbocycles. The van der Waals surface area contributed by atoms with Crippen LogP contribution in [0.4, 0.5) is 28.7 Å². The SMILES string of the molecule is CN(CC(=O)O)c1nc(Cc2ccc(N=Nc3ccccc3)cc2)nc(Cc2ccc(N=Nc3cccc(C(=O)O)c3)cc2OCCCS(=O)(=O)O)n1. The summed E-state index contributed by atoms with van der Waals surface area (Å²) < 4.78 is 37.6. The fourth-order valence-electron chi connectivity index (χ4n) is 4.83. The van der Waals surface area contributed by atoms with E-state index in [4.69, 9.17) is 9.29 Å². The number of rotatable bonds is 17. The molecule has 272 valence electrons. The van der Waals surface area contributed by atoms with Gasteiger partial charge < -0.3 is 19.8 Å². The number of carboxylic acid groups (broad SMARTS) is 2. The van der Waals surface area contributed by atoms with Gasteiger partial charge in [-0.3, -0.25) is 9.35 Å². The molecule has 4 aromatic carbocycles. The lowest BCUT2D eigenvalue weighted by molar-refractivity contribution is -0.135. The van der Waals surface area contributed by atoms with E-state index in [1.807, 2.05) is 54.6 Å². The Morgan fingerprint density at radius 1 is 0.736 bits per heavy atom. The second kappa shape index (κ2) is 17.7. The molecule has 1 aromatic heterocycles. The van der Waals surface area contributed by atoms with Crippen LogP contribution in [0.3, 0.4) is 0 Å². The molecule has 5 rings (SSSR count). The topological polar surface area (TPSA) is 230 Å². The Morgan fingerprint density at radius 3 is 2.00 bits per heavy atom. The monoisotopic (exact) mass is 738 g/mol. The summed E-state index contributed by atoms with van der Waals surface area (Å²) in [6, 6.07) is 27.6. The third kappa shape index (κ3) is 12.1. The number of nitrogens with zero attached hydrogens (tertiary/aromatic N) is 8. The average Bonchev–Trinajstić information content (AvgIpc) is 3.13. The number of ether oxygens (including phenoxy) is 1. The van der Waals surface area contributed by atoms with E-state index in [2.05, 4.69) is 35.4 Å². The number of aromatic carboxylic acids is 1. The summed E-state index contributed by atoms with van der Waals surface area (Å²) in [5, 5.41) is 35.6. The first-order valence-electron chi connectivity index (χ1n) is 16.1. The molecule has 0 fully saturated rings. The molecule has 1 heterocycles. The molecule has 0 spiro atoms. The van der Waals surface area contributed by atoms with Gasteiger partial charge in [-0.15, -0.1) is 0 Å². The van der Waals surface area contributed by atoms with E-state index in [0.29, 0.717) is 46.4 Å². The highest BCUT2D eigenvalue weighted by Crippen LogP contribution is 2.29. The molecule has 0 radical (unpaired) electrons. The number of hydrogen-bond acceptors (Lipinski definition) is 13. The van der Waals surface area contributed by atoms with Crippen LogP contribution in [0, 0.1) is 0 Å². The smallest absolute Gasteiger partial charge is 0.335 e. The number of aromatic nitrogens is 3. The number of azo groups is 2. The quantitative estimate of drug-likeness (QED) is 0.0510. The highest BCUT2D eigenvalue weighted by molar-refractivity contribution is 7.85. The minimum Gasteiger partial charge on any atom is -0.493 e. The van der Waals surface area contributed by atoms with Gasteiger partial charge in [0.15, 0.2) is 0 Å². The van der Waals surface area contributed by atoms with Crippen LogP contribution in [0.2, 0.25) is 0 Å². The van der Waals surface area contributed by atoms with Crippen LogP contribution in [0.1, 0.15) is 39.6 Å². The summed E-state index contributed by atoms with van der Waals surface area (Å²) in [6.07, 6.45) is 0.396. The number of carbonyl (C=O) groups is 2. The second-order valence-corrected chi connectivity index (χ2v) is 13.2. The summed E-state index contributed by atoms with van der Waals surface area (Å²) in [6.45, 7) is -0.425. The minimum atomic E-state index is -4.20. The van der Waals surface area contributed by atoms with Gasteiger partial charge in [0.2, 0.25) is 5.95 Å². The maximum Gasteiger partial charge on any atom is 0.335 e. The molecule has 16 nitrogen and oxygen atoms in total. The fourth-order valence-corrected chi connectivity index (χ4v) is 5.31. The molecule has 0 aliphatic carbocycles. The second-order valence-electron chi connectivity index (χ2n) is 11.6. The average molecular weight is 739 g/mol. The Bertz CT molecular complexity index is 2230. The Hall–Kier alpha value is -6.46. The number of anilines is 1. The van der Waals surface area contributed by atoms with Gasteiger partial charge in [0.25, 0.3) is 10.1 Å². The molecule has 17 heteroatoms. The highest BCUT2D eigenvalue weighted by Gasteiger charge is 2.16. The number of hydrogen-bond donors (Lipinski definition) is 3. The molecule has 0 saturated heterocycles. The molecule has 0 aliphatic rings. The van der Waals surface area contributed by atoms with Gasteiger partial charge >= 0.3 is 11.9 Å². The maximum atomic E-state index is 11.5. The first-order valence-corrected chi connectivity index (χ1v) is 17.7. The predicted octanol–water partition coefficient (Wildman–Crippen LogP) is 6.76. The van der Waals surface area contributed by atoms with Crippen molar-refractivity contribution in [2.45, 2.75) is 19.3 Å². The first kappa shape index (κ1) is 37.8. The molecule has 0 amide bonds. The van der Waals surface area contributed by atoms with E-state index < -0.39 is 27.8 Å². The van der Waals surface area contributed by atoms with Crippen molar-refractivity contribution in [3.05, 3.63) is 125 Å². The van der Waals surface area contributed by atoms with Crippen LogP contribution in [0.5, 0.6) is 5.75 Å². The van der Waals surface area contributed by atoms with Crippen molar-refractivity contribution in [1.29, 1.82) is 0 Å². The summed E-state index contributed by atoms with van der Waals surface area (Å²) in [5.74, 6) is -1.55. The maximum absolute atomic E-state index is 11.5. The third-order valence-corrected chi connectivity index (χ3v) is 8.15. The molecule has 0 atom stereocenters. The van der Waals surface area contributed by atoms with Gasteiger partial charge in [-0.05, 0) is 60.5 Å². The van der Waals surface area contributed by atoms with Gasteiger partial charge in [0.1, 0.15) is 23.9 Å². The van der Waals surface area contributed by atoms with Gasteiger partial charge in [-0.2, -0.15) is 38.8 Å². The Kier molecular flexibility index (Phi) is 12.6. The predicted molar refractivity (Wildman–Crippen MR) is 194 cm³/mol. The summed E-state index contributed by atoms with van der Waals surface area (Å²) in [7, 11) is -2.65. The number of aliphatic carboxylic acids is 1. The highest BCUT2D eigenvalue weighted by atomic mass is 32.2. The van der Waals surface area contributed by atoms with Crippen LogP contribution < -0.4 is 9.64 Å². The lowest BCUT2D eigenvalue weighted by Gasteiger charge is -2.17. The van der Waals surface area contributed by atoms with Crippen molar-refractivity contribution in [2.75, 3.05) is 30.9 Å². The zero-order chi connectivity index (χ0) is 37.8. The summed E-state index contributed by atoms with van der Waals surface area (Å²) in [4.78, 5) is 38.0. The standard InChI is InChI=1S/C36H34N8O8S/c1-44(23-34(45)46)36-38-32(19-24-11-14-28(15-12-24)41-40-27-8-3-2-4-9-27)37-33(39-36)21-25-13-16-30(22-31(25)52-17-6-18-53(49,50)51)43-42-29-10-5-7-26(20-29)35(47)48/h2-5,7-16,20,22H,6,17-19,21,23H2,1H3,(H,45,46)(H,47,48)(H,49,50,51). The lowest BCUT2D eigenvalue weighted by atomic mass is 10.1. The van der Waals surface area contributed by atoms with E-state index in [1.54, 1.807) is 37.4 Å². The number of carboxylic acids is 2. The van der Waals surface area contributed by atoms with Crippen molar-refractivity contribution in [3.63, 3.8) is 0 Å². The van der Waals surface area contributed by atoms with Gasteiger partial charge in [-0.25, -0.2) is 9.78 Å². The largest absolute Gasteiger partial charge is 0.493 e. The minimum absolute atomic E-state index is 0.00153. The zero-order valence-electron chi connectivity index (χ0n) is 28.3. The Balaban J connectivity index is 1.41.